The van der Waals surface area contributed by atoms with Crippen LogP contribution in [-0.2, 0) is 4.74 Å². The minimum atomic E-state index is -0.161. The molecule has 0 spiro atoms. The van der Waals surface area contributed by atoms with Gasteiger partial charge in [-0.1, -0.05) is 25.1 Å². The number of methoxy groups -OCH3 is 1. The van der Waals surface area contributed by atoms with Gasteiger partial charge in [0.05, 0.1) is 12.2 Å². The number of hydrogen-bond acceptors (Lipinski definition) is 3. The molecule has 0 heterocycles. The fourth-order valence-corrected chi connectivity index (χ4v) is 2.05. The van der Waals surface area contributed by atoms with Gasteiger partial charge in [0.25, 0.3) is 0 Å². The molecule has 19 heavy (non-hydrogen) atoms. The molecular weight excluding hydrogens is 238 g/mol. The quantitative estimate of drug-likeness (QED) is 0.779. The lowest BCUT2D eigenvalue weighted by atomic mass is 9.93. The summed E-state index contributed by atoms with van der Waals surface area (Å²) >= 11 is 0. The molecule has 0 saturated carbocycles. The van der Waals surface area contributed by atoms with Crippen LogP contribution in [0.5, 0.6) is 5.75 Å². The first-order valence-electron chi connectivity index (χ1n) is 6.98. The predicted octanol–water partition coefficient (Wildman–Crippen LogP) is 3.55. The van der Waals surface area contributed by atoms with Gasteiger partial charge in [-0.3, -0.25) is 0 Å². The molecule has 0 aliphatic rings. The Bertz CT molecular complexity index is 377. The summed E-state index contributed by atoms with van der Waals surface area (Å²) in [7, 11) is 3.74. The van der Waals surface area contributed by atoms with Gasteiger partial charge in [-0.05, 0) is 39.8 Å². The van der Waals surface area contributed by atoms with Crippen molar-refractivity contribution in [3.63, 3.8) is 0 Å². The summed E-state index contributed by atoms with van der Waals surface area (Å²) in [6.07, 6.45) is 1.91. The Morgan fingerprint density at radius 2 is 1.95 bits per heavy atom. The second kappa shape index (κ2) is 7.51. The van der Waals surface area contributed by atoms with Gasteiger partial charge >= 0.3 is 0 Å². The van der Waals surface area contributed by atoms with Crippen molar-refractivity contribution in [2.75, 3.05) is 20.8 Å². The number of hydrogen-bond donors (Lipinski definition) is 1. The molecule has 108 valence electrons. The Hall–Kier alpha value is -1.06. The third-order valence-corrected chi connectivity index (χ3v) is 3.35. The number of para-hydroxylation sites is 1. The first kappa shape index (κ1) is 16.0. The van der Waals surface area contributed by atoms with Gasteiger partial charge in [0, 0.05) is 18.7 Å². The van der Waals surface area contributed by atoms with Crippen LogP contribution in [0.1, 0.15) is 45.2 Å². The van der Waals surface area contributed by atoms with E-state index < -0.39 is 0 Å². The van der Waals surface area contributed by atoms with Crippen molar-refractivity contribution in [2.45, 2.75) is 45.3 Å². The van der Waals surface area contributed by atoms with E-state index in [1.165, 1.54) is 5.56 Å². The van der Waals surface area contributed by atoms with Crippen LogP contribution in [-0.4, -0.2) is 26.4 Å². The van der Waals surface area contributed by atoms with Crippen molar-refractivity contribution in [2.24, 2.45) is 0 Å². The molecule has 0 aliphatic carbocycles. The summed E-state index contributed by atoms with van der Waals surface area (Å²) in [4.78, 5) is 0. The Labute approximate surface area is 117 Å². The fourth-order valence-electron chi connectivity index (χ4n) is 2.05. The van der Waals surface area contributed by atoms with Crippen LogP contribution in [0.3, 0.4) is 0 Å². The van der Waals surface area contributed by atoms with E-state index >= 15 is 0 Å². The van der Waals surface area contributed by atoms with E-state index in [2.05, 4.69) is 38.2 Å². The van der Waals surface area contributed by atoms with E-state index in [4.69, 9.17) is 9.47 Å². The van der Waals surface area contributed by atoms with Crippen molar-refractivity contribution >= 4 is 0 Å². The van der Waals surface area contributed by atoms with Gasteiger partial charge in [-0.15, -0.1) is 0 Å². The van der Waals surface area contributed by atoms with Crippen molar-refractivity contribution in [1.82, 2.24) is 5.32 Å². The largest absolute Gasteiger partial charge is 0.493 e. The Balaban J connectivity index is 2.91. The second-order valence-electron chi connectivity index (χ2n) is 5.40. The van der Waals surface area contributed by atoms with Crippen LogP contribution in [0.25, 0.3) is 0 Å². The van der Waals surface area contributed by atoms with E-state index in [0.717, 1.165) is 25.2 Å². The highest BCUT2D eigenvalue weighted by molar-refractivity contribution is 5.36. The van der Waals surface area contributed by atoms with Crippen LogP contribution in [0.15, 0.2) is 24.3 Å². The first-order chi connectivity index (χ1) is 9.04. The minimum absolute atomic E-state index is 0.161. The van der Waals surface area contributed by atoms with Gasteiger partial charge < -0.3 is 14.8 Å². The molecular formula is C16H27NO2. The molecule has 1 atom stereocenters. The van der Waals surface area contributed by atoms with Crippen LogP contribution in [0.4, 0.5) is 0 Å². The number of ether oxygens (including phenoxy) is 2. The van der Waals surface area contributed by atoms with Gasteiger partial charge in [0.2, 0.25) is 0 Å². The fraction of sp³-hybridized carbons (Fsp3) is 0.625. The Morgan fingerprint density at radius 1 is 1.26 bits per heavy atom. The van der Waals surface area contributed by atoms with Gasteiger partial charge in [-0.2, -0.15) is 0 Å². The van der Waals surface area contributed by atoms with Crippen LogP contribution >= 0.6 is 0 Å². The molecule has 3 heteroatoms. The number of rotatable bonds is 8. The highest BCUT2D eigenvalue weighted by atomic mass is 16.5. The summed E-state index contributed by atoms with van der Waals surface area (Å²) in [5.41, 5.74) is 1.04. The zero-order chi connectivity index (χ0) is 14.3. The molecule has 0 saturated heterocycles. The maximum atomic E-state index is 5.84. The maximum Gasteiger partial charge on any atom is 0.124 e. The van der Waals surface area contributed by atoms with Gasteiger partial charge in [0.1, 0.15) is 5.75 Å². The average Bonchev–Trinajstić information content (AvgIpc) is 2.43. The maximum absolute atomic E-state index is 5.84. The third kappa shape index (κ3) is 4.84. The highest BCUT2D eigenvalue weighted by Crippen LogP contribution is 2.31. The molecule has 1 rings (SSSR count). The smallest absolute Gasteiger partial charge is 0.124 e. The molecule has 0 radical (unpaired) electrons. The van der Waals surface area contributed by atoms with E-state index in [9.17, 15) is 0 Å². The third-order valence-electron chi connectivity index (χ3n) is 3.35. The second-order valence-corrected chi connectivity index (χ2v) is 5.40. The van der Waals surface area contributed by atoms with E-state index in [0.29, 0.717) is 0 Å². The van der Waals surface area contributed by atoms with Crippen LogP contribution < -0.4 is 10.1 Å². The molecule has 3 nitrogen and oxygen atoms in total. The molecule has 1 N–H and O–H groups in total. The minimum Gasteiger partial charge on any atom is -0.493 e. The Kier molecular flexibility index (Phi) is 6.32. The summed E-state index contributed by atoms with van der Waals surface area (Å²) in [6, 6.07) is 8.46. The predicted molar refractivity (Wildman–Crippen MR) is 79.7 cm³/mol. The molecule has 1 aromatic rings. The number of benzene rings is 1. The van der Waals surface area contributed by atoms with E-state index in [-0.39, 0.29) is 11.6 Å². The SMILES string of the molecule is CCCOc1ccccc1C(CC(C)(C)OC)NC. The molecule has 0 aliphatic heterocycles. The van der Waals surface area contributed by atoms with E-state index in [1.807, 2.05) is 19.2 Å². The van der Waals surface area contributed by atoms with Crippen LogP contribution in [0, 0.1) is 0 Å². The van der Waals surface area contributed by atoms with Crippen molar-refractivity contribution in [1.29, 1.82) is 0 Å². The van der Waals surface area contributed by atoms with Gasteiger partial charge in [0.15, 0.2) is 0 Å². The normalized spacial score (nSPS) is 13.3. The van der Waals surface area contributed by atoms with Gasteiger partial charge in [-0.25, -0.2) is 0 Å². The molecule has 0 bridgehead atoms. The molecule has 0 fully saturated rings. The highest BCUT2D eigenvalue weighted by Gasteiger charge is 2.24. The standard InChI is InChI=1S/C16H27NO2/c1-6-11-19-15-10-8-7-9-13(15)14(17-4)12-16(2,3)18-5/h7-10,14,17H,6,11-12H2,1-5H3. The van der Waals surface area contributed by atoms with Crippen LogP contribution in [0.2, 0.25) is 0 Å². The average molecular weight is 265 g/mol. The summed E-state index contributed by atoms with van der Waals surface area (Å²) in [6.45, 7) is 7.08. The zero-order valence-corrected chi connectivity index (χ0v) is 12.8. The molecule has 1 aromatic carbocycles. The topological polar surface area (TPSA) is 30.5 Å². The lowest BCUT2D eigenvalue weighted by molar-refractivity contribution is 0.00725. The number of nitrogens with one attached hydrogen (secondary N) is 1. The van der Waals surface area contributed by atoms with E-state index in [1.54, 1.807) is 7.11 Å². The molecule has 0 amide bonds. The summed E-state index contributed by atoms with van der Waals surface area (Å²) in [5.74, 6) is 0.968. The Morgan fingerprint density at radius 3 is 2.53 bits per heavy atom. The summed E-state index contributed by atoms with van der Waals surface area (Å²) < 4.78 is 11.4. The van der Waals surface area contributed by atoms with Crippen molar-refractivity contribution in [3.05, 3.63) is 29.8 Å². The summed E-state index contributed by atoms with van der Waals surface area (Å²) in [5, 5.41) is 3.37. The lowest BCUT2D eigenvalue weighted by Gasteiger charge is -2.29. The van der Waals surface area contributed by atoms with Crippen molar-refractivity contribution < 1.29 is 9.47 Å². The first-order valence-corrected chi connectivity index (χ1v) is 6.98. The zero-order valence-electron chi connectivity index (χ0n) is 12.8. The molecule has 1 unspecified atom stereocenters. The molecule has 0 aromatic heterocycles. The van der Waals surface area contributed by atoms with Crippen molar-refractivity contribution in [3.8, 4) is 5.75 Å². The lowest BCUT2D eigenvalue weighted by Crippen LogP contribution is -2.30. The monoisotopic (exact) mass is 265 g/mol.